The molecule has 5 rings (SSSR count). The quantitative estimate of drug-likeness (QED) is 0.687. The van der Waals surface area contributed by atoms with E-state index in [0.29, 0.717) is 0 Å². The van der Waals surface area contributed by atoms with Crippen molar-refractivity contribution in [3.63, 3.8) is 0 Å². The Morgan fingerprint density at radius 3 is 2.08 bits per heavy atom. The maximum atomic E-state index is 12.7. The number of hydrogen-bond donors (Lipinski definition) is 0. The van der Waals surface area contributed by atoms with E-state index in [4.69, 9.17) is 0 Å². The van der Waals surface area contributed by atoms with Gasteiger partial charge in [0, 0.05) is 18.4 Å². The first-order valence-electron chi connectivity index (χ1n) is 8.74. The molecule has 0 N–H and O–H groups in total. The van der Waals surface area contributed by atoms with Gasteiger partial charge in [0.1, 0.15) is 0 Å². The van der Waals surface area contributed by atoms with Gasteiger partial charge in [-0.05, 0) is 10.8 Å². The van der Waals surface area contributed by atoms with E-state index in [2.05, 4.69) is 59.8 Å². The zero-order chi connectivity index (χ0) is 17.8. The topological polar surface area (TPSA) is 48.9 Å². The summed E-state index contributed by atoms with van der Waals surface area (Å²) in [6.45, 7) is 13.5. The average molecular weight is 329 g/mol. The standard InChI is InChI=1S/C19H27N3O2/c1-17(2,3)11-10-19(18(4,5)6)13-9-8-12(14(11)19)21-15(23)20(7)16(24)22(13)21/h8-10,12-14H,1-7H3/t12-,13-,14-,19+/m0/s1. The fraction of sp³-hybridized carbons (Fsp3) is 0.684. The summed E-state index contributed by atoms with van der Waals surface area (Å²) in [5, 5.41) is 0. The monoisotopic (exact) mass is 329 g/mol. The summed E-state index contributed by atoms with van der Waals surface area (Å²) in [5.74, 6) is 0.270. The van der Waals surface area contributed by atoms with E-state index >= 15 is 0 Å². The van der Waals surface area contributed by atoms with Crippen LogP contribution in [0.1, 0.15) is 53.6 Å². The lowest BCUT2D eigenvalue weighted by molar-refractivity contribution is -0.0653. The molecule has 2 aliphatic carbocycles. The number of hydrogen-bond acceptors (Lipinski definition) is 2. The fourth-order valence-corrected chi connectivity index (χ4v) is 5.24. The lowest BCUT2D eigenvalue weighted by atomic mass is 9.41. The second-order valence-corrected chi connectivity index (χ2v) is 9.64. The lowest BCUT2D eigenvalue weighted by Crippen LogP contribution is -2.64. The van der Waals surface area contributed by atoms with Crippen LogP contribution in [-0.2, 0) is 7.05 Å². The summed E-state index contributed by atoms with van der Waals surface area (Å²) < 4.78 is 4.63. The maximum absolute atomic E-state index is 12.7. The first kappa shape index (κ1) is 15.7. The summed E-state index contributed by atoms with van der Waals surface area (Å²) in [6.07, 6.45) is 6.69. The van der Waals surface area contributed by atoms with E-state index in [0.717, 1.165) is 0 Å². The highest BCUT2D eigenvalue weighted by molar-refractivity contribution is 5.44. The molecule has 0 aromatic carbocycles. The van der Waals surface area contributed by atoms with Crippen LogP contribution in [0.3, 0.4) is 0 Å². The second kappa shape index (κ2) is 4.06. The molecule has 1 aromatic heterocycles. The minimum absolute atomic E-state index is 0.00330. The van der Waals surface area contributed by atoms with Crippen molar-refractivity contribution in [2.45, 2.75) is 53.6 Å². The van der Waals surface area contributed by atoms with Crippen LogP contribution in [0.4, 0.5) is 0 Å². The van der Waals surface area contributed by atoms with Crippen LogP contribution >= 0.6 is 0 Å². The first-order chi connectivity index (χ1) is 10.9. The van der Waals surface area contributed by atoms with E-state index in [-0.39, 0.29) is 45.6 Å². The number of allylic oxidation sites excluding steroid dienone is 4. The van der Waals surface area contributed by atoms with Crippen molar-refractivity contribution in [3.05, 3.63) is 44.8 Å². The molecule has 1 aromatic rings. The summed E-state index contributed by atoms with van der Waals surface area (Å²) >= 11 is 0. The molecule has 3 heterocycles. The van der Waals surface area contributed by atoms with Crippen LogP contribution in [0.25, 0.3) is 0 Å². The molecule has 0 spiro atoms. The van der Waals surface area contributed by atoms with E-state index in [1.807, 2.05) is 0 Å². The molecule has 4 aliphatic rings. The molecule has 0 amide bonds. The maximum Gasteiger partial charge on any atom is 0.347 e. The Bertz CT molecular complexity index is 910. The van der Waals surface area contributed by atoms with Crippen LogP contribution in [0.15, 0.2) is 33.4 Å². The van der Waals surface area contributed by atoms with Gasteiger partial charge in [-0.3, -0.25) is 0 Å². The predicted molar refractivity (Wildman–Crippen MR) is 94.1 cm³/mol. The highest BCUT2D eigenvalue weighted by Gasteiger charge is 2.67. The molecule has 0 saturated heterocycles. The number of rotatable bonds is 0. The van der Waals surface area contributed by atoms with Crippen molar-refractivity contribution >= 4 is 0 Å². The normalized spacial score (nSPS) is 33.8. The van der Waals surface area contributed by atoms with Gasteiger partial charge in [0.15, 0.2) is 0 Å². The Kier molecular flexibility index (Phi) is 2.66. The number of aromatic nitrogens is 3. The summed E-state index contributed by atoms with van der Waals surface area (Å²) in [7, 11) is 1.58. The van der Waals surface area contributed by atoms with E-state index in [1.165, 1.54) is 10.1 Å². The minimum atomic E-state index is -0.209. The van der Waals surface area contributed by atoms with Gasteiger partial charge in [0.25, 0.3) is 0 Å². The highest BCUT2D eigenvalue weighted by Crippen LogP contribution is 2.71. The van der Waals surface area contributed by atoms with Crippen LogP contribution in [-0.4, -0.2) is 13.9 Å². The molecular weight excluding hydrogens is 302 g/mol. The first-order valence-corrected chi connectivity index (χ1v) is 8.74. The Morgan fingerprint density at radius 2 is 1.54 bits per heavy atom. The van der Waals surface area contributed by atoms with Crippen LogP contribution in [0.5, 0.6) is 0 Å². The molecule has 4 atom stereocenters. The summed E-state index contributed by atoms with van der Waals surface area (Å²) in [4.78, 5) is 25.4. The molecular formula is C19H27N3O2. The fourth-order valence-electron chi connectivity index (χ4n) is 5.24. The third-order valence-corrected chi connectivity index (χ3v) is 6.47. The van der Waals surface area contributed by atoms with Crippen molar-refractivity contribution in [3.8, 4) is 0 Å². The van der Waals surface area contributed by atoms with Crippen molar-refractivity contribution < 1.29 is 0 Å². The SMILES string of the molecule is Cn1c(=O)n2n(c1=O)[C@H]1C=C[C@H]2[C@]2(C(C)(C)C)C=C(C(C)(C)C)[C@@H]12. The second-order valence-electron chi connectivity index (χ2n) is 9.64. The molecule has 5 heteroatoms. The molecule has 2 bridgehead atoms. The van der Waals surface area contributed by atoms with Gasteiger partial charge in [-0.1, -0.05) is 65.3 Å². The Labute approximate surface area is 142 Å². The van der Waals surface area contributed by atoms with Gasteiger partial charge < -0.3 is 0 Å². The van der Waals surface area contributed by atoms with Crippen LogP contribution in [0.2, 0.25) is 0 Å². The summed E-state index contributed by atoms with van der Waals surface area (Å²) in [6, 6.07) is -0.171. The van der Waals surface area contributed by atoms with Gasteiger partial charge in [-0.25, -0.2) is 23.5 Å². The lowest BCUT2D eigenvalue weighted by Gasteiger charge is -2.66. The van der Waals surface area contributed by atoms with E-state index in [1.54, 1.807) is 16.4 Å². The van der Waals surface area contributed by atoms with Crippen LogP contribution < -0.4 is 11.4 Å². The largest absolute Gasteiger partial charge is 0.347 e. The van der Waals surface area contributed by atoms with Crippen molar-refractivity contribution in [2.75, 3.05) is 0 Å². The van der Waals surface area contributed by atoms with Crippen molar-refractivity contribution in [1.82, 2.24) is 13.9 Å². The van der Waals surface area contributed by atoms with Crippen LogP contribution in [0, 0.1) is 22.2 Å². The average Bonchev–Trinajstić information content (AvgIpc) is 2.62. The Morgan fingerprint density at radius 1 is 0.958 bits per heavy atom. The molecule has 2 aliphatic heterocycles. The van der Waals surface area contributed by atoms with Gasteiger partial charge in [-0.15, -0.1) is 0 Å². The zero-order valence-electron chi connectivity index (χ0n) is 15.6. The zero-order valence-corrected chi connectivity index (χ0v) is 15.6. The Balaban J connectivity index is 2.06. The van der Waals surface area contributed by atoms with Gasteiger partial charge in [-0.2, -0.15) is 0 Å². The minimum Gasteiger partial charge on any atom is -0.246 e. The third-order valence-electron chi connectivity index (χ3n) is 6.47. The summed E-state index contributed by atoms with van der Waals surface area (Å²) in [5.41, 5.74) is 0.935. The highest BCUT2D eigenvalue weighted by atomic mass is 16.2. The van der Waals surface area contributed by atoms with Gasteiger partial charge in [0.05, 0.1) is 12.1 Å². The molecule has 0 fully saturated rings. The molecule has 130 valence electrons. The molecule has 5 nitrogen and oxygen atoms in total. The van der Waals surface area contributed by atoms with Crippen molar-refractivity contribution in [1.29, 1.82) is 0 Å². The van der Waals surface area contributed by atoms with Crippen molar-refractivity contribution in [2.24, 2.45) is 29.2 Å². The van der Waals surface area contributed by atoms with Gasteiger partial charge in [0.2, 0.25) is 0 Å². The molecule has 0 saturated carbocycles. The third kappa shape index (κ3) is 1.47. The predicted octanol–water partition coefficient (Wildman–Crippen LogP) is 2.65. The van der Waals surface area contributed by atoms with Gasteiger partial charge >= 0.3 is 11.4 Å². The molecule has 0 unspecified atom stereocenters. The van der Waals surface area contributed by atoms with E-state index in [9.17, 15) is 9.59 Å². The smallest absolute Gasteiger partial charge is 0.246 e. The Hall–Kier alpha value is -1.78. The molecule has 24 heavy (non-hydrogen) atoms. The number of nitrogens with zero attached hydrogens (tertiary/aromatic N) is 3. The molecule has 0 radical (unpaired) electrons. The van der Waals surface area contributed by atoms with E-state index < -0.39 is 0 Å².